The highest BCUT2D eigenvalue weighted by Crippen LogP contribution is 2.06. The van der Waals surface area contributed by atoms with Gasteiger partial charge >= 0.3 is 0 Å². The summed E-state index contributed by atoms with van der Waals surface area (Å²) in [5, 5.41) is 9.42. The number of rotatable bonds is 9. The fourth-order valence-electron chi connectivity index (χ4n) is 3.02. The van der Waals surface area contributed by atoms with E-state index in [0.29, 0.717) is 18.7 Å². The first-order valence-electron chi connectivity index (χ1n) is 10.1. The van der Waals surface area contributed by atoms with E-state index in [1.807, 2.05) is 54.6 Å². The van der Waals surface area contributed by atoms with E-state index in [4.69, 9.17) is 9.41 Å². The van der Waals surface area contributed by atoms with Crippen molar-refractivity contribution in [2.45, 2.75) is 19.4 Å². The molecule has 0 fully saturated rings. The second kappa shape index (κ2) is 11.5. The van der Waals surface area contributed by atoms with Crippen molar-refractivity contribution in [3.05, 3.63) is 95.4 Å². The van der Waals surface area contributed by atoms with Crippen LogP contribution in [0.15, 0.2) is 82.4 Å². The van der Waals surface area contributed by atoms with Crippen molar-refractivity contribution in [2.75, 3.05) is 20.1 Å². The van der Waals surface area contributed by atoms with Gasteiger partial charge in [0.15, 0.2) is 5.96 Å². The largest absolute Gasteiger partial charge is 0.469 e. The number of carbonyl (C=O) groups is 1. The Hall–Kier alpha value is -3.54. The van der Waals surface area contributed by atoms with E-state index in [0.717, 1.165) is 42.2 Å². The molecule has 2 aromatic carbocycles. The monoisotopic (exact) mass is 404 g/mol. The fraction of sp³-hybridized carbons (Fsp3) is 0.250. The Kier molecular flexibility index (Phi) is 8.09. The van der Waals surface area contributed by atoms with Crippen molar-refractivity contribution in [3.63, 3.8) is 0 Å². The van der Waals surface area contributed by atoms with E-state index in [1.54, 1.807) is 13.3 Å². The molecule has 3 rings (SSSR count). The number of nitrogens with zero attached hydrogens (tertiary/aromatic N) is 1. The molecule has 30 heavy (non-hydrogen) atoms. The summed E-state index contributed by atoms with van der Waals surface area (Å²) in [5.74, 6) is 1.62. The highest BCUT2D eigenvalue weighted by molar-refractivity contribution is 5.94. The van der Waals surface area contributed by atoms with Crippen LogP contribution in [-0.2, 0) is 19.4 Å². The summed E-state index contributed by atoms with van der Waals surface area (Å²) >= 11 is 0. The zero-order valence-corrected chi connectivity index (χ0v) is 17.2. The van der Waals surface area contributed by atoms with E-state index in [1.165, 1.54) is 0 Å². The van der Waals surface area contributed by atoms with E-state index in [-0.39, 0.29) is 5.91 Å². The van der Waals surface area contributed by atoms with Crippen molar-refractivity contribution in [2.24, 2.45) is 4.99 Å². The van der Waals surface area contributed by atoms with Gasteiger partial charge in [-0.05, 0) is 41.8 Å². The lowest BCUT2D eigenvalue weighted by Crippen LogP contribution is -2.39. The van der Waals surface area contributed by atoms with Gasteiger partial charge in [0, 0.05) is 32.1 Å². The molecule has 1 aromatic heterocycles. The minimum atomic E-state index is -0.0745. The molecule has 6 heteroatoms. The molecule has 0 unspecified atom stereocenters. The Morgan fingerprint density at radius 2 is 1.67 bits per heavy atom. The predicted molar refractivity (Wildman–Crippen MR) is 120 cm³/mol. The molecular formula is C24H28N4O2. The van der Waals surface area contributed by atoms with Gasteiger partial charge in [-0.15, -0.1) is 0 Å². The van der Waals surface area contributed by atoms with Crippen LogP contribution in [0.3, 0.4) is 0 Å². The molecule has 0 aliphatic rings. The molecule has 0 aliphatic carbocycles. The van der Waals surface area contributed by atoms with Crippen LogP contribution in [0.1, 0.15) is 27.2 Å². The Morgan fingerprint density at radius 3 is 2.40 bits per heavy atom. The molecule has 3 aromatic rings. The van der Waals surface area contributed by atoms with Crippen LogP contribution in [0.4, 0.5) is 0 Å². The Labute approximate surface area is 177 Å². The molecule has 0 radical (unpaired) electrons. The van der Waals surface area contributed by atoms with Gasteiger partial charge < -0.3 is 20.4 Å². The molecule has 6 nitrogen and oxygen atoms in total. The van der Waals surface area contributed by atoms with E-state index >= 15 is 0 Å². The second-order valence-electron chi connectivity index (χ2n) is 6.86. The normalized spacial score (nSPS) is 11.2. The quantitative estimate of drug-likeness (QED) is 0.378. The summed E-state index contributed by atoms with van der Waals surface area (Å²) in [6, 6.07) is 21.7. The maximum atomic E-state index is 11.8. The van der Waals surface area contributed by atoms with Crippen molar-refractivity contribution in [3.8, 4) is 0 Å². The highest BCUT2D eigenvalue weighted by Gasteiger charge is 2.05. The van der Waals surface area contributed by atoms with Crippen molar-refractivity contribution in [1.29, 1.82) is 0 Å². The SMILES string of the molecule is CNC(=O)c1cccc(CCNC(=NCc2ccccc2)NCCc2ccco2)c1. The third-order valence-electron chi connectivity index (χ3n) is 4.63. The topological polar surface area (TPSA) is 78.7 Å². The number of amides is 1. The number of aliphatic imine (C=N–C) groups is 1. The standard InChI is InChI=1S/C24H28N4O2/c1-25-23(29)21-10-5-9-19(17-21)12-14-26-24(27-15-13-22-11-6-16-30-22)28-18-20-7-3-2-4-8-20/h2-11,16-17H,12-15,18H2,1H3,(H,25,29)(H2,26,27,28). The van der Waals surface area contributed by atoms with E-state index < -0.39 is 0 Å². The van der Waals surface area contributed by atoms with Gasteiger partial charge in [-0.25, -0.2) is 4.99 Å². The van der Waals surface area contributed by atoms with Crippen LogP contribution in [-0.4, -0.2) is 32.0 Å². The number of benzene rings is 2. The summed E-state index contributed by atoms with van der Waals surface area (Å²) < 4.78 is 5.39. The highest BCUT2D eigenvalue weighted by atomic mass is 16.3. The number of guanidine groups is 1. The summed E-state index contributed by atoms with van der Waals surface area (Å²) in [5.41, 5.74) is 2.93. The number of nitrogens with one attached hydrogen (secondary N) is 3. The number of furan rings is 1. The molecule has 0 spiro atoms. The maximum Gasteiger partial charge on any atom is 0.251 e. The first kappa shape index (κ1) is 21.2. The molecular weight excluding hydrogens is 376 g/mol. The molecule has 3 N–H and O–H groups in total. The third kappa shape index (κ3) is 6.81. The zero-order valence-electron chi connectivity index (χ0n) is 17.2. The van der Waals surface area contributed by atoms with Gasteiger partial charge in [-0.2, -0.15) is 0 Å². The van der Waals surface area contributed by atoms with Crippen LogP contribution in [0.2, 0.25) is 0 Å². The minimum absolute atomic E-state index is 0.0745. The van der Waals surface area contributed by atoms with Crippen LogP contribution < -0.4 is 16.0 Å². The molecule has 0 aliphatic heterocycles. The maximum absolute atomic E-state index is 11.8. The van der Waals surface area contributed by atoms with Crippen LogP contribution in [0.25, 0.3) is 0 Å². The molecule has 0 bridgehead atoms. The van der Waals surface area contributed by atoms with Crippen molar-refractivity contribution in [1.82, 2.24) is 16.0 Å². The summed E-state index contributed by atoms with van der Waals surface area (Å²) in [6.45, 7) is 2.03. The average Bonchev–Trinajstić information content (AvgIpc) is 3.31. The van der Waals surface area contributed by atoms with Crippen molar-refractivity contribution < 1.29 is 9.21 Å². The molecule has 1 amide bonds. The number of hydrogen-bond acceptors (Lipinski definition) is 3. The molecule has 0 saturated carbocycles. The van der Waals surface area contributed by atoms with Crippen LogP contribution >= 0.6 is 0 Å². The fourth-order valence-corrected chi connectivity index (χ4v) is 3.02. The van der Waals surface area contributed by atoms with Crippen LogP contribution in [0.5, 0.6) is 0 Å². The van der Waals surface area contributed by atoms with E-state index in [9.17, 15) is 4.79 Å². The Bertz CT molecular complexity index is 937. The van der Waals surface area contributed by atoms with Gasteiger partial charge in [0.1, 0.15) is 5.76 Å². The lowest BCUT2D eigenvalue weighted by Gasteiger charge is -2.13. The first-order chi connectivity index (χ1) is 14.7. The first-order valence-corrected chi connectivity index (χ1v) is 10.1. The van der Waals surface area contributed by atoms with Gasteiger partial charge in [0.25, 0.3) is 5.91 Å². The average molecular weight is 405 g/mol. The smallest absolute Gasteiger partial charge is 0.251 e. The molecule has 156 valence electrons. The summed E-state index contributed by atoms with van der Waals surface area (Å²) in [6.07, 6.45) is 3.26. The predicted octanol–water partition coefficient (Wildman–Crippen LogP) is 3.16. The zero-order chi connectivity index (χ0) is 21.0. The van der Waals surface area contributed by atoms with Gasteiger partial charge in [0.2, 0.25) is 0 Å². The lowest BCUT2D eigenvalue weighted by atomic mass is 10.1. The molecule has 1 heterocycles. The number of carbonyl (C=O) groups excluding carboxylic acids is 1. The van der Waals surface area contributed by atoms with Crippen molar-refractivity contribution >= 4 is 11.9 Å². The summed E-state index contributed by atoms with van der Waals surface area (Å²) in [4.78, 5) is 16.5. The Balaban J connectivity index is 1.56. The lowest BCUT2D eigenvalue weighted by molar-refractivity contribution is 0.0963. The minimum Gasteiger partial charge on any atom is -0.469 e. The van der Waals surface area contributed by atoms with Gasteiger partial charge in [-0.1, -0.05) is 42.5 Å². The van der Waals surface area contributed by atoms with Gasteiger partial charge in [-0.3, -0.25) is 4.79 Å². The van der Waals surface area contributed by atoms with E-state index in [2.05, 4.69) is 28.1 Å². The Morgan fingerprint density at radius 1 is 0.900 bits per heavy atom. The number of hydrogen-bond donors (Lipinski definition) is 3. The van der Waals surface area contributed by atoms with Gasteiger partial charge in [0.05, 0.1) is 12.8 Å². The summed E-state index contributed by atoms with van der Waals surface area (Å²) in [7, 11) is 1.64. The second-order valence-corrected chi connectivity index (χ2v) is 6.86. The third-order valence-corrected chi connectivity index (χ3v) is 4.63. The molecule has 0 saturated heterocycles. The molecule has 0 atom stereocenters. The van der Waals surface area contributed by atoms with Crippen LogP contribution in [0, 0.1) is 0 Å².